The Morgan fingerprint density at radius 2 is 1.94 bits per heavy atom. The van der Waals surface area contributed by atoms with Gasteiger partial charge in [0, 0.05) is 49.1 Å². The number of carbonyl (C=O) groups excluding carboxylic acids is 1. The van der Waals surface area contributed by atoms with E-state index in [-0.39, 0.29) is 17.9 Å². The van der Waals surface area contributed by atoms with Crippen LogP contribution in [0.25, 0.3) is 27.6 Å². The SMILES string of the molecule is Cn1cc(-c2cccc(-n3c(C4CNC4)cc4cc(C5CC5)cc(F)c4c3=O)c2CO)cc1C(N)=O. The number of rotatable bonds is 6. The van der Waals surface area contributed by atoms with Crippen LogP contribution in [0, 0.1) is 5.82 Å². The van der Waals surface area contributed by atoms with Gasteiger partial charge < -0.3 is 20.7 Å². The molecule has 1 aliphatic heterocycles. The van der Waals surface area contributed by atoms with Crippen molar-refractivity contribution < 1.29 is 14.3 Å². The van der Waals surface area contributed by atoms with Crippen LogP contribution < -0.4 is 16.6 Å². The zero-order valence-electron chi connectivity index (χ0n) is 19.9. The molecule has 2 aromatic carbocycles. The molecule has 4 N–H and O–H groups in total. The molecule has 1 amide bonds. The van der Waals surface area contributed by atoms with Crippen molar-refractivity contribution in [3.63, 3.8) is 0 Å². The maximum atomic E-state index is 15.3. The van der Waals surface area contributed by atoms with E-state index in [0.717, 1.165) is 24.1 Å². The minimum absolute atomic E-state index is 0.0560. The van der Waals surface area contributed by atoms with E-state index >= 15 is 4.39 Å². The summed E-state index contributed by atoms with van der Waals surface area (Å²) >= 11 is 0. The fraction of sp³-hybridized carbons (Fsp3) is 0.286. The molecule has 4 aromatic rings. The quantitative estimate of drug-likeness (QED) is 0.389. The lowest BCUT2D eigenvalue weighted by Crippen LogP contribution is -2.42. The number of aliphatic hydroxyl groups is 1. The summed E-state index contributed by atoms with van der Waals surface area (Å²) in [4.78, 5) is 25.7. The van der Waals surface area contributed by atoms with E-state index in [1.807, 2.05) is 18.2 Å². The number of benzene rings is 2. The number of nitrogens with two attached hydrogens (primary N) is 1. The third-order valence-corrected chi connectivity index (χ3v) is 7.49. The summed E-state index contributed by atoms with van der Waals surface area (Å²) in [5.41, 5.74) is 9.51. The van der Waals surface area contributed by atoms with Crippen LogP contribution in [0.1, 0.15) is 52.0 Å². The van der Waals surface area contributed by atoms with Gasteiger partial charge in [-0.3, -0.25) is 14.2 Å². The lowest BCUT2D eigenvalue weighted by Gasteiger charge is -2.31. The van der Waals surface area contributed by atoms with Crippen molar-refractivity contribution in [2.24, 2.45) is 12.8 Å². The van der Waals surface area contributed by atoms with Crippen molar-refractivity contribution in [3.05, 3.63) is 87.3 Å². The Hall–Kier alpha value is -3.75. The van der Waals surface area contributed by atoms with Crippen LogP contribution in [0.2, 0.25) is 0 Å². The van der Waals surface area contributed by atoms with Gasteiger partial charge in [-0.05, 0) is 59.5 Å². The standard InChI is InChI=1S/C28H27FN4O3/c1-32-13-18(10-25(32)27(30)35)20-3-2-4-23(21(20)14-34)33-24(19-11-31-12-19)9-17-7-16(15-5-6-15)8-22(29)26(17)28(33)36/h2-4,7-10,13,15,19,31,34H,5-6,11-12,14H2,1H3,(H2,30,35). The molecule has 1 saturated heterocycles. The number of nitrogens with one attached hydrogen (secondary N) is 1. The van der Waals surface area contributed by atoms with Crippen LogP contribution in [-0.2, 0) is 13.7 Å². The third kappa shape index (κ3) is 3.56. The lowest BCUT2D eigenvalue weighted by molar-refractivity contribution is 0.0992. The summed E-state index contributed by atoms with van der Waals surface area (Å²) in [5.74, 6) is -0.614. The van der Waals surface area contributed by atoms with E-state index in [4.69, 9.17) is 5.73 Å². The molecule has 0 bridgehead atoms. The fourth-order valence-corrected chi connectivity index (χ4v) is 5.32. The third-order valence-electron chi connectivity index (χ3n) is 7.49. The fourth-order valence-electron chi connectivity index (χ4n) is 5.32. The molecule has 7 nitrogen and oxygen atoms in total. The number of carbonyl (C=O) groups is 1. The molecule has 36 heavy (non-hydrogen) atoms. The van der Waals surface area contributed by atoms with Crippen molar-refractivity contribution >= 4 is 16.7 Å². The smallest absolute Gasteiger partial charge is 0.266 e. The zero-order valence-corrected chi connectivity index (χ0v) is 19.9. The minimum atomic E-state index is -0.558. The van der Waals surface area contributed by atoms with Gasteiger partial charge in [-0.2, -0.15) is 0 Å². The van der Waals surface area contributed by atoms with Gasteiger partial charge in [0.15, 0.2) is 0 Å². The number of aryl methyl sites for hydroxylation is 1. The minimum Gasteiger partial charge on any atom is -0.392 e. The molecule has 6 rings (SSSR count). The van der Waals surface area contributed by atoms with E-state index in [1.54, 1.807) is 40.6 Å². The van der Waals surface area contributed by atoms with Crippen LogP contribution in [0.3, 0.4) is 0 Å². The molecule has 2 aliphatic rings. The molecule has 0 atom stereocenters. The van der Waals surface area contributed by atoms with Crippen molar-refractivity contribution in [2.75, 3.05) is 13.1 Å². The second-order valence-electron chi connectivity index (χ2n) is 9.86. The Morgan fingerprint density at radius 1 is 1.17 bits per heavy atom. The first-order valence-corrected chi connectivity index (χ1v) is 12.2. The van der Waals surface area contributed by atoms with Crippen LogP contribution in [-0.4, -0.2) is 33.2 Å². The Kier molecular flexibility index (Phi) is 5.31. The van der Waals surface area contributed by atoms with Crippen LogP contribution >= 0.6 is 0 Å². The maximum absolute atomic E-state index is 15.3. The number of aliphatic hydroxyl groups excluding tert-OH is 1. The summed E-state index contributed by atoms with van der Waals surface area (Å²) in [6.45, 7) is 1.08. The van der Waals surface area contributed by atoms with Gasteiger partial charge in [0.1, 0.15) is 11.5 Å². The zero-order chi connectivity index (χ0) is 25.1. The Labute approximate surface area is 207 Å². The van der Waals surface area contributed by atoms with Crippen LogP contribution in [0.4, 0.5) is 4.39 Å². The molecule has 8 heteroatoms. The number of aromatic nitrogens is 2. The highest BCUT2D eigenvalue weighted by atomic mass is 19.1. The predicted molar refractivity (Wildman–Crippen MR) is 136 cm³/mol. The van der Waals surface area contributed by atoms with E-state index in [9.17, 15) is 14.7 Å². The molecule has 2 fully saturated rings. The van der Waals surface area contributed by atoms with Gasteiger partial charge in [-0.15, -0.1) is 0 Å². The number of hydrogen-bond acceptors (Lipinski definition) is 4. The maximum Gasteiger partial charge on any atom is 0.266 e. The Morgan fingerprint density at radius 3 is 2.56 bits per heavy atom. The molecule has 0 unspecified atom stereocenters. The lowest BCUT2D eigenvalue weighted by atomic mass is 9.94. The molecule has 1 saturated carbocycles. The number of amides is 1. The second kappa shape index (κ2) is 8.43. The average molecular weight is 487 g/mol. The molecule has 0 spiro atoms. The molecular weight excluding hydrogens is 459 g/mol. The molecule has 1 aliphatic carbocycles. The molecule has 184 valence electrons. The highest BCUT2D eigenvalue weighted by Gasteiger charge is 2.29. The molecule has 0 radical (unpaired) electrons. The molecular formula is C28H27FN4O3. The van der Waals surface area contributed by atoms with Crippen LogP contribution in [0.5, 0.6) is 0 Å². The van der Waals surface area contributed by atoms with Gasteiger partial charge in [-0.1, -0.05) is 18.2 Å². The van der Waals surface area contributed by atoms with Crippen molar-refractivity contribution in [1.82, 2.24) is 14.5 Å². The summed E-state index contributed by atoms with van der Waals surface area (Å²) in [6.07, 6.45) is 3.85. The number of fused-ring (bicyclic) bond motifs is 1. The number of primary amides is 1. The number of halogens is 1. The first-order valence-electron chi connectivity index (χ1n) is 12.2. The Balaban J connectivity index is 1.61. The summed E-state index contributed by atoms with van der Waals surface area (Å²) < 4.78 is 18.5. The van der Waals surface area contributed by atoms with Crippen LogP contribution in [0.15, 0.2) is 53.5 Å². The van der Waals surface area contributed by atoms with Crippen molar-refractivity contribution in [3.8, 4) is 16.8 Å². The number of hydrogen-bond donors (Lipinski definition) is 3. The summed E-state index contributed by atoms with van der Waals surface area (Å²) in [6, 6.07) is 12.4. The van der Waals surface area contributed by atoms with Gasteiger partial charge in [0.25, 0.3) is 11.5 Å². The number of nitrogens with zero attached hydrogens (tertiary/aromatic N) is 2. The van der Waals surface area contributed by atoms with Crippen molar-refractivity contribution in [1.29, 1.82) is 0 Å². The van der Waals surface area contributed by atoms with Gasteiger partial charge in [-0.25, -0.2) is 4.39 Å². The second-order valence-corrected chi connectivity index (χ2v) is 9.86. The number of pyridine rings is 1. The van der Waals surface area contributed by atoms with Gasteiger partial charge in [0.05, 0.1) is 17.7 Å². The van der Waals surface area contributed by atoms with E-state index < -0.39 is 17.3 Å². The molecule has 3 heterocycles. The molecule has 2 aromatic heterocycles. The summed E-state index contributed by atoms with van der Waals surface area (Å²) in [5, 5.41) is 14.4. The normalized spacial score (nSPS) is 15.9. The highest BCUT2D eigenvalue weighted by molar-refractivity contribution is 5.93. The largest absolute Gasteiger partial charge is 0.392 e. The van der Waals surface area contributed by atoms with Gasteiger partial charge >= 0.3 is 0 Å². The van der Waals surface area contributed by atoms with E-state index in [2.05, 4.69) is 5.32 Å². The van der Waals surface area contributed by atoms with Gasteiger partial charge in [0.2, 0.25) is 0 Å². The topological polar surface area (TPSA) is 102 Å². The average Bonchev–Trinajstić information content (AvgIpc) is 3.58. The van der Waals surface area contributed by atoms with Crippen molar-refractivity contribution in [2.45, 2.75) is 31.3 Å². The Bertz CT molecular complexity index is 1590. The highest BCUT2D eigenvalue weighted by Crippen LogP contribution is 2.41. The predicted octanol–water partition coefficient (Wildman–Crippen LogP) is 3.29. The van der Waals surface area contributed by atoms with E-state index in [1.165, 1.54) is 6.07 Å². The summed E-state index contributed by atoms with van der Waals surface area (Å²) in [7, 11) is 1.72. The first kappa shape index (κ1) is 22.7. The first-order chi connectivity index (χ1) is 17.4. The van der Waals surface area contributed by atoms with E-state index in [0.29, 0.717) is 52.5 Å². The monoisotopic (exact) mass is 486 g/mol.